The summed E-state index contributed by atoms with van der Waals surface area (Å²) in [6.07, 6.45) is 36.6. The summed E-state index contributed by atoms with van der Waals surface area (Å²) < 4.78 is 34.3. The molecule has 1 amide bonds. The van der Waals surface area contributed by atoms with E-state index in [-0.39, 0.29) is 18.9 Å². The van der Waals surface area contributed by atoms with E-state index >= 15 is 0 Å². The van der Waals surface area contributed by atoms with E-state index in [2.05, 4.69) is 104 Å². The maximum atomic E-state index is 13.4. The number of rotatable bonds is 48. The highest BCUT2D eigenvalue weighted by molar-refractivity contribution is 5.76. The molecule has 17 unspecified atom stereocenters. The second-order valence-corrected chi connectivity index (χ2v) is 23.2. The van der Waals surface area contributed by atoms with Gasteiger partial charge in [-0.2, -0.15) is 0 Å². The van der Waals surface area contributed by atoms with E-state index in [1.165, 1.54) is 77.0 Å². The van der Waals surface area contributed by atoms with E-state index < -0.39 is 124 Å². The van der Waals surface area contributed by atoms with Gasteiger partial charge < -0.3 is 89.9 Å². The summed E-state index contributed by atoms with van der Waals surface area (Å²) in [4.78, 5) is 13.4. The fraction of sp³-hybridized carbons (Fsp3) is 0.750. The third kappa shape index (κ3) is 32.0. The van der Waals surface area contributed by atoms with E-state index in [9.17, 15) is 61.0 Å². The van der Waals surface area contributed by atoms with Gasteiger partial charge in [-0.25, -0.2) is 0 Å². The number of aliphatic hydroxyl groups is 11. The third-order valence-corrected chi connectivity index (χ3v) is 15.9. The average molecular weight is 1230 g/mol. The van der Waals surface area contributed by atoms with Crippen molar-refractivity contribution in [3.8, 4) is 0 Å². The lowest BCUT2D eigenvalue weighted by Crippen LogP contribution is -2.66. The molecule has 19 nitrogen and oxygen atoms in total. The largest absolute Gasteiger partial charge is 0.394 e. The van der Waals surface area contributed by atoms with Crippen molar-refractivity contribution in [2.45, 2.75) is 298 Å². The number of hydrogen-bond acceptors (Lipinski definition) is 18. The summed E-state index contributed by atoms with van der Waals surface area (Å²) in [6, 6.07) is -0.998. The maximum absolute atomic E-state index is 13.4. The third-order valence-electron chi connectivity index (χ3n) is 15.9. The Bertz CT molecular complexity index is 1960. The van der Waals surface area contributed by atoms with Crippen LogP contribution in [0.15, 0.2) is 97.2 Å². The molecule has 3 fully saturated rings. The zero-order chi connectivity index (χ0) is 63.3. The van der Waals surface area contributed by atoms with Gasteiger partial charge in [0.15, 0.2) is 18.9 Å². The van der Waals surface area contributed by atoms with Crippen LogP contribution >= 0.6 is 0 Å². The summed E-state index contributed by atoms with van der Waals surface area (Å²) in [7, 11) is 0. The Morgan fingerprint density at radius 1 is 0.425 bits per heavy atom. The fourth-order valence-electron chi connectivity index (χ4n) is 10.5. The van der Waals surface area contributed by atoms with Gasteiger partial charge in [-0.05, 0) is 77.0 Å². The first-order chi connectivity index (χ1) is 42.3. The van der Waals surface area contributed by atoms with Crippen molar-refractivity contribution < 1.29 is 89.4 Å². The molecule has 87 heavy (non-hydrogen) atoms. The number of unbranched alkanes of at least 4 members (excludes halogenated alkanes) is 18. The minimum atomic E-state index is -1.99. The minimum absolute atomic E-state index is 0.197. The van der Waals surface area contributed by atoms with Crippen molar-refractivity contribution >= 4 is 5.91 Å². The number of carbonyl (C=O) groups is 1. The molecule has 0 spiro atoms. The molecule has 17 atom stereocenters. The molecular weight excluding hydrogens is 1120 g/mol. The average Bonchev–Trinajstić information content (AvgIpc) is 1.15. The monoisotopic (exact) mass is 1230 g/mol. The van der Waals surface area contributed by atoms with Gasteiger partial charge in [0, 0.05) is 6.42 Å². The molecule has 0 saturated carbocycles. The standard InChI is InChI=1S/C68H115NO18/c1-3-5-7-9-11-13-15-17-19-21-22-23-24-25-26-27-28-30-32-34-36-38-40-42-44-46-56(74)69-51(52(73)45-43-41-39-37-35-33-31-29-20-18-16-14-12-10-8-6-4-2)50-82-66-62(80)59(77)64(54(48-71)84-66)87-68-63(81)60(78)65(55(49-72)85-68)86-67-61(79)58(76)57(75)53(47-70)83-67/h5,7,11,13,17,19,22-23,25-26,28,30,34,36,43,45,51-55,57-68,70-73,75-81H,3-4,6,8-10,12,14-16,18,20-21,24,27,29,31-33,35,37-42,44,46-50H2,1-2H3,(H,69,74)/b7-5-,13-11-,19-17-,23-22-,26-25-,30-28-,36-34-,45-43+. The summed E-state index contributed by atoms with van der Waals surface area (Å²) >= 11 is 0. The van der Waals surface area contributed by atoms with Crippen LogP contribution in [0.25, 0.3) is 0 Å². The summed E-state index contributed by atoms with van der Waals surface area (Å²) in [5, 5.41) is 120. The van der Waals surface area contributed by atoms with Gasteiger partial charge in [0.1, 0.15) is 73.2 Å². The van der Waals surface area contributed by atoms with Gasteiger partial charge in [0.05, 0.1) is 38.6 Å². The highest BCUT2D eigenvalue weighted by Crippen LogP contribution is 2.33. The molecule has 3 rings (SSSR count). The van der Waals surface area contributed by atoms with Crippen LogP contribution in [0.5, 0.6) is 0 Å². The molecule has 0 aliphatic carbocycles. The number of amides is 1. The highest BCUT2D eigenvalue weighted by atomic mass is 16.8. The predicted octanol–water partition coefficient (Wildman–Crippen LogP) is 7.71. The van der Waals surface area contributed by atoms with Crippen molar-refractivity contribution in [3.63, 3.8) is 0 Å². The molecule has 0 aromatic rings. The molecule has 0 radical (unpaired) electrons. The molecule has 3 heterocycles. The van der Waals surface area contributed by atoms with Crippen molar-refractivity contribution in [3.05, 3.63) is 97.2 Å². The van der Waals surface area contributed by atoms with Gasteiger partial charge in [-0.1, -0.05) is 207 Å². The summed E-state index contributed by atoms with van der Waals surface area (Å²) in [6.45, 7) is 1.57. The molecule has 0 aromatic heterocycles. The Kier molecular flexibility index (Phi) is 44.3. The molecule has 3 aliphatic rings. The van der Waals surface area contributed by atoms with Crippen molar-refractivity contribution in [2.24, 2.45) is 0 Å². The Balaban J connectivity index is 1.48. The van der Waals surface area contributed by atoms with Crippen molar-refractivity contribution in [1.82, 2.24) is 5.32 Å². The van der Waals surface area contributed by atoms with Gasteiger partial charge >= 0.3 is 0 Å². The van der Waals surface area contributed by atoms with Crippen LogP contribution in [0.2, 0.25) is 0 Å². The normalized spacial score (nSPS) is 29.2. The van der Waals surface area contributed by atoms with Crippen LogP contribution in [0, 0.1) is 0 Å². The van der Waals surface area contributed by atoms with Gasteiger partial charge in [-0.3, -0.25) is 4.79 Å². The Hall–Kier alpha value is -3.29. The Morgan fingerprint density at radius 3 is 1.24 bits per heavy atom. The smallest absolute Gasteiger partial charge is 0.220 e. The van der Waals surface area contributed by atoms with Crippen molar-refractivity contribution in [1.29, 1.82) is 0 Å². The molecule has 500 valence electrons. The first-order valence-corrected chi connectivity index (χ1v) is 33.0. The quantitative estimate of drug-likeness (QED) is 0.0205. The first kappa shape index (κ1) is 78.0. The molecule has 12 N–H and O–H groups in total. The molecule has 3 aliphatic heterocycles. The molecular formula is C68H115NO18. The van der Waals surface area contributed by atoms with E-state index in [0.717, 1.165) is 89.9 Å². The van der Waals surface area contributed by atoms with E-state index in [4.69, 9.17) is 28.4 Å². The number of aliphatic hydroxyl groups excluding tert-OH is 11. The molecule has 0 bridgehead atoms. The molecule has 19 heteroatoms. The second kappa shape index (κ2) is 49.4. The van der Waals surface area contributed by atoms with Crippen LogP contribution in [0.4, 0.5) is 0 Å². The van der Waals surface area contributed by atoms with Crippen LogP contribution in [0.1, 0.15) is 194 Å². The first-order valence-electron chi connectivity index (χ1n) is 33.0. The number of hydrogen-bond donors (Lipinski definition) is 12. The Morgan fingerprint density at radius 2 is 0.793 bits per heavy atom. The van der Waals surface area contributed by atoms with E-state index in [0.29, 0.717) is 6.42 Å². The zero-order valence-electron chi connectivity index (χ0n) is 52.5. The van der Waals surface area contributed by atoms with Crippen molar-refractivity contribution in [2.75, 3.05) is 26.4 Å². The van der Waals surface area contributed by atoms with E-state index in [1.54, 1.807) is 6.08 Å². The number of nitrogens with one attached hydrogen (secondary N) is 1. The topological polar surface area (TPSA) is 307 Å². The number of carbonyl (C=O) groups excluding carboxylic acids is 1. The van der Waals surface area contributed by atoms with Crippen LogP contribution in [-0.2, 0) is 33.2 Å². The predicted molar refractivity (Wildman–Crippen MR) is 337 cm³/mol. The molecule has 0 aromatic carbocycles. The van der Waals surface area contributed by atoms with Gasteiger partial charge in [-0.15, -0.1) is 0 Å². The number of allylic oxidation sites excluding steroid dienone is 15. The van der Waals surface area contributed by atoms with Gasteiger partial charge in [0.2, 0.25) is 5.91 Å². The molecule has 3 saturated heterocycles. The fourth-order valence-corrected chi connectivity index (χ4v) is 10.5. The highest BCUT2D eigenvalue weighted by Gasteiger charge is 2.53. The summed E-state index contributed by atoms with van der Waals surface area (Å²) in [5.41, 5.74) is 0. The Labute approximate surface area is 520 Å². The lowest BCUT2D eigenvalue weighted by atomic mass is 9.96. The summed E-state index contributed by atoms with van der Waals surface area (Å²) in [5.74, 6) is -0.311. The maximum Gasteiger partial charge on any atom is 0.220 e. The van der Waals surface area contributed by atoms with Crippen LogP contribution in [-0.4, -0.2) is 193 Å². The lowest BCUT2D eigenvalue weighted by Gasteiger charge is -2.48. The van der Waals surface area contributed by atoms with Gasteiger partial charge in [0.25, 0.3) is 0 Å². The van der Waals surface area contributed by atoms with E-state index in [1.807, 2.05) is 6.08 Å². The SMILES string of the molecule is CC/C=C\C/C=C\C/C=C\C/C=C\C/C=C\C/C=C\C/C=C\CCCCCC(=O)NC(COC1OC(CO)C(OC2OC(CO)C(OC3OC(CO)C(O)C(O)C3O)C(O)C2O)C(O)C1O)C(O)/C=C/CCCCCCCCCCCCCCCCC. The van der Waals surface area contributed by atoms with Crippen LogP contribution < -0.4 is 5.32 Å². The zero-order valence-corrected chi connectivity index (χ0v) is 52.5. The second-order valence-electron chi connectivity index (χ2n) is 23.2. The van der Waals surface area contributed by atoms with Crippen LogP contribution in [0.3, 0.4) is 0 Å². The number of ether oxygens (including phenoxy) is 6. The minimum Gasteiger partial charge on any atom is -0.394 e. The lowest BCUT2D eigenvalue weighted by molar-refractivity contribution is -0.379.